The van der Waals surface area contributed by atoms with Gasteiger partial charge in [0.1, 0.15) is 11.5 Å². The number of phenols is 1. The molecule has 1 saturated heterocycles. The molecular formula is C27H25ClF2N2O4. The normalized spacial score (nSPS) is 21.3. The maximum Gasteiger partial charge on any atom is 0.255 e. The number of nitrogens with zero attached hydrogens (tertiary/aromatic N) is 1. The summed E-state index contributed by atoms with van der Waals surface area (Å²) in [5.74, 6) is -2.37. The second kappa shape index (κ2) is 9.58. The Labute approximate surface area is 211 Å². The topological polar surface area (TPSA) is 78.9 Å². The van der Waals surface area contributed by atoms with Crippen molar-refractivity contribution in [3.63, 3.8) is 0 Å². The Kier molecular flexibility index (Phi) is 6.47. The molecule has 2 fully saturated rings. The molecule has 0 radical (unpaired) electrons. The van der Waals surface area contributed by atoms with Crippen LogP contribution in [-0.2, 0) is 0 Å². The smallest absolute Gasteiger partial charge is 0.255 e. The summed E-state index contributed by atoms with van der Waals surface area (Å²) in [5.41, 5.74) is 0.363. The molecule has 2 amide bonds. The number of phenolic OH excluding ortho intramolecular Hbond substituents is 1. The maximum absolute atomic E-state index is 13.8. The van der Waals surface area contributed by atoms with Gasteiger partial charge in [0.25, 0.3) is 11.8 Å². The standard InChI is InChI=1S/C27H25ClF2N2O4/c1-36-24-11-17-14(4-3-7-23(17)33)8-18(24)26(34)31-22-6-2-5-15-12-32(13-19(15)22)27(35)16-9-20(28)25(30)21(29)10-16/h3-4,7-11,15,19,22,33H,2,5-6,12-13H2,1H3,(H,31,34)/t15-,19+,22-/m1/s1. The number of carbonyl (C=O) groups excluding carboxylic acids is 2. The van der Waals surface area contributed by atoms with Gasteiger partial charge in [-0.25, -0.2) is 8.78 Å². The molecule has 9 heteroatoms. The molecule has 188 valence electrons. The molecule has 6 nitrogen and oxygen atoms in total. The average molecular weight is 515 g/mol. The van der Waals surface area contributed by atoms with Crippen molar-refractivity contribution in [3.05, 3.63) is 70.2 Å². The van der Waals surface area contributed by atoms with Crippen LogP contribution in [0, 0.1) is 23.5 Å². The predicted octanol–water partition coefficient (Wildman–Crippen LogP) is 5.16. The number of hydrogen-bond acceptors (Lipinski definition) is 4. The second-order valence-electron chi connectivity index (χ2n) is 9.45. The van der Waals surface area contributed by atoms with Gasteiger partial charge in [0.2, 0.25) is 0 Å². The zero-order chi connectivity index (χ0) is 25.6. The molecule has 2 N–H and O–H groups in total. The molecule has 0 spiro atoms. The molecule has 0 unspecified atom stereocenters. The van der Waals surface area contributed by atoms with E-state index in [-0.39, 0.29) is 35.1 Å². The summed E-state index contributed by atoms with van der Waals surface area (Å²) in [6.07, 6.45) is 2.58. The SMILES string of the molecule is COc1cc2c(O)cccc2cc1C(=O)N[C@@H]1CCC[C@@H]2CN(C(=O)c3cc(F)c(F)c(Cl)c3)C[C@@H]21. The van der Waals surface area contributed by atoms with E-state index in [1.165, 1.54) is 7.11 Å². The first-order valence-electron chi connectivity index (χ1n) is 11.8. The van der Waals surface area contributed by atoms with Crippen LogP contribution in [0.25, 0.3) is 10.8 Å². The number of rotatable bonds is 4. The zero-order valence-corrected chi connectivity index (χ0v) is 20.3. The van der Waals surface area contributed by atoms with Gasteiger partial charge in [0.15, 0.2) is 11.6 Å². The Morgan fingerprint density at radius 2 is 1.94 bits per heavy atom. The molecule has 1 heterocycles. The largest absolute Gasteiger partial charge is 0.507 e. The number of fused-ring (bicyclic) bond motifs is 2. The second-order valence-corrected chi connectivity index (χ2v) is 9.86. The quantitative estimate of drug-likeness (QED) is 0.472. The molecule has 3 aromatic carbocycles. The van der Waals surface area contributed by atoms with Crippen molar-refractivity contribution in [3.8, 4) is 11.5 Å². The third-order valence-corrected chi connectivity index (χ3v) is 7.63. The van der Waals surface area contributed by atoms with Gasteiger partial charge in [-0.1, -0.05) is 30.2 Å². The van der Waals surface area contributed by atoms with E-state index in [0.717, 1.165) is 31.4 Å². The Morgan fingerprint density at radius 1 is 1.14 bits per heavy atom. The molecule has 3 atom stereocenters. The van der Waals surface area contributed by atoms with Gasteiger partial charge in [-0.3, -0.25) is 9.59 Å². The summed E-state index contributed by atoms with van der Waals surface area (Å²) >= 11 is 5.74. The number of nitrogens with one attached hydrogen (secondary N) is 1. The highest BCUT2D eigenvalue weighted by atomic mass is 35.5. The van der Waals surface area contributed by atoms with Gasteiger partial charge in [-0.2, -0.15) is 0 Å². The summed E-state index contributed by atoms with van der Waals surface area (Å²) in [4.78, 5) is 28.0. The highest BCUT2D eigenvalue weighted by molar-refractivity contribution is 6.31. The van der Waals surface area contributed by atoms with Crippen LogP contribution < -0.4 is 10.1 Å². The molecule has 1 aliphatic carbocycles. The molecule has 3 aromatic rings. The molecule has 0 aromatic heterocycles. The third-order valence-electron chi connectivity index (χ3n) is 7.36. The zero-order valence-electron chi connectivity index (χ0n) is 19.6. The third kappa shape index (κ3) is 4.34. The fourth-order valence-electron chi connectivity index (χ4n) is 5.56. The first-order chi connectivity index (χ1) is 17.3. The highest BCUT2D eigenvalue weighted by Gasteiger charge is 2.42. The Morgan fingerprint density at radius 3 is 2.69 bits per heavy atom. The first-order valence-corrected chi connectivity index (χ1v) is 12.2. The van der Waals surface area contributed by atoms with Crippen LogP contribution in [0.2, 0.25) is 5.02 Å². The van der Waals surface area contributed by atoms with Crippen molar-refractivity contribution in [1.29, 1.82) is 0 Å². The molecule has 1 saturated carbocycles. The maximum atomic E-state index is 13.8. The fraction of sp³-hybridized carbons (Fsp3) is 0.333. The van der Waals surface area contributed by atoms with E-state index in [2.05, 4.69) is 5.32 Å². The van der Waals surface area contributed by atoms with Gasteiger partial charge in [0, 0.05) is 36.0 Å². The number of carbonyl (C=O) groups is 2. The van der Waals surface area contributed by atoms with Gasteiger partial charge in [-0.15, -0.1) is 0 Å². The van der Waals surface area contributed by atoms with Crippen LogP contribution in [0.15, 0.2) is 42.5 Å². The summed E-state index contributed by atoms with van der Waals surface area (Å²) in [5, 5.41) is 14.2. The van der Waals surface area contributed by atoms with Crippen LogP contribution >= 0.6 is 11.6 Å². The van der Waals surface area contributed by atoms with E-state index in [1.54, 1.807) is 29.2 Å². The minimum atomic E-state index is -1.18. The van der Waals surface area contributed by atoms with E-state index in [0.29, 0.717) is 35.2 Å². The number of hydrogen-bond donors (Lipinski definition) is 2. The number of ether oxygens (including phenoxy) is 1. The molecule has 0 bridgehead atoms. The van der Waals surface area contributed by atoms with E-state index in [9.17, 15) is 23.5 Å². The summed E-state index contributed by atoms with van der Waals surface area (Å²) in [7, 11) is 1.47. The number of methoxy groups -OCH3 is 1. The van der Waals surface area contributed by atoms with Crippen molar-refractivity contribution in [1.82, 2.24) is 10.2 Å². The van der Waals surface area contributed by atoms with Gasteiger partial charge in [0.05, 0.1) is 17.7 Å². The minimum Gasteiger partial charge on any atom is -0.507 e. The number of aromatic hydroxyl groups is 1. The van der Waals surface area contributed by atoms with Crippen LogP contribution in [0.1, 0.15) is 40.0 Å². The van der Waals surface area contributed by atoms with E-state index in [4.69, 9.17) is 16.3 Å². The van der Waals surface area contributed by atoms with Crippen LogP contribution in [-0.4, -0.2) is 48.1 Å². The first kappa shape index (κ1) is 24.3. The summed E-state index contributed by atoms with van der Waals surface area (Å²) < 4.78 is 32.8. The van der Waals surface area contributed by atoms with Gasteiger partial charge < -0.3 is 20.1 Å². The lowest BCUT2D eigenvalue weighted by Crippen LogP contribution is -2.45. The fourth-order valence-corrected chi connectivity index (χ4v) is 5.77. The predicted molar refractivity (Wildman–Crippen MR) is 132 cm³/mol. The highest BCUT2D eigenvalue weighted by Crippen LogP contribution is 2.38. The molecular weight excluding hydrogens is 490 g/mol. The van der Waals surface area contributed by atoms with Gasteiger partial charge >= 0.3 is 0 Å². The van der Waals surface area contributed by atoms with E-state index >= 15 is 0 Å². The number of likely N-dealkylation sites (tertiary alicyclic amines) is 1. The lowest BCUT2D eigenvalue weighted by molar-refractivity contribution is 0.0782. The minimum absolute atomic E-state index is 0.00212. The van der Waals surface area contributed by atoms with Gasteiger partial charge in [-0.05, 0) is 54.5 Å². The Hall–Kier alpha value is -3.39. The molecule has 36 heavy (non-hydrogen) atoms. The van der Waals surface area contributed by atoms with Crippen LogP contribution in [0.5, 0.6) is 11.5 Å². The molecule has 1 aliphatic heterocycles. The lowest BCUT2D eigenvalue weighted by atomic mass is 9.78. The summed E-state index contributed by atoms with van der Waals surface area (Å²) in [6, 6.07) is 10.3. The van der Waals surface area contributed by atoms with Crippen molar-refractivity contribution in [2.45, 2.75) is 25.3 Å². The van der Waals surface area contributed by atoms with Crippen LogP contribution in [0.3, 0.4) is 0 Å². The Bertz CT molecular complexity index is 1340. The number of halogens is 3. The monoisotopic (exact) mass is 514 g/mol. The Balaban J connectivity index is 1.35. The van der Waals surface area contributed by atoms with Crippen molar-refractivity contribution >= 4 is 34.2 Å². The van der Waals surface area contributed by atoms with Crippen molar-refractivity contribution in [2.24, 2.45) is 11.8 Å². The van der Waals surface area contributed by atoms with Crippen molar-refractivity contribution < 1.29 is 28.2 Å². The van der Waals surface area contributed by atoms with E-state index < -0.39 is 22.6 Å². The molecule has 2 aliphatic rings. The van der Waals surface area contributed by atoms with Crippen molar-refractivity contribution in [2.75, 3.05) is 20.2 Å². The van der Waals surface area contributed by atoms with E-state index in [1.807, 2.05) is 6.07 Å². The lowest BCUT2D eigenvalue weighted by Gasteiger charge is -2.33. The van der Waals surface area contributed by atoms with Crippen LogP contribution in [0.4, 0.5) is 8.78 Å². The molecule has 5 rings (SSSR count). The number of amides is 2. The summed E-state index contributed by atoms with van der Waals surface area (Å²) in [6.45, 7) is 0.874. The number of benzene rings is 3. The average Bonchev–Trinajstić information content (AvgIpc) is 3.31.